The molecule has 2 rings (SSSR count). The summed E-state index contributed by atoms with van der Waals surface area (Å²) in [7, 11) is -6.67. The van der Waals surface area contributed by atoms with Crippen LogP contribution < -0.4 is 0 Å². The second-order valence-corrected chi connectivity index (χ2v) is 9.34. The van der Waals surface area contributed by atoms with Crippen LogP contribution in [0.4, 0.5) is 0 Å². The van der Waals surface area contributed by atoms with Gasteiger partial charge in [0.15, 0.2) is 9.84 Å². The zero-order chi connectivity index (χ0) is 14.1. The molecule has 1 atom stereocenters. The first-order valence-corrected chi connectivity index (χ1v) is 9.63. The average Bonchev–Trinajstić information content (AvgIpc) is 2.38. The van der Waals surface area contributed by atoms with Crippen LogP contribution in [0, 0.1) is 5.92 Å². The molecule has 1 unspecified atom stereocenters. The van der Waals surface area contributed by atoms with Crippen molar-refractivity contribution in [2.24, 2.45) is 5.92 Å². The van der Waals surface area contributed by atoms with Crippen molar-refractivity contribution in [3.05, 3.63) is 0 Å². The fourth-order valence-electron chi connectivity index (χ4n) is 2.48. The third-order valence-electron chi connectivity index (χ3n) is 3.70. The molecule has 9 heteroatoms. The molecule has 0 aromatic heterocycles. The van der Waals surface area contributed by atoms with Gasteiger partial charge in [-0.15, -0.1) is 0 Å². The largest absolute Gasteiger partial charge is 0.396 e. The topological polar surface area (TPSA) is 95.0 Å². The Morgan fingerprint density at radius 1 is 1.11 bits per heavy atom. The van der Waals surface area contributed by atoms with E-state index in [-0.39, 0.29) is 37.1 Å². The van der Waals surface area contributed by atoms with E-state index in [1.54, 1.807) is 0 Å². The van der Waals surface area contributed by atoms with Crippen LogP contribution in [0.5, 0.6) is 0 Å². The maximum atomic E-state index is 12.4. The molecule has 0 radical (unpaired) electrons. The minimum absolute atomic E-state index is 0.0135. The van der Waals surface area contributed by atoms with Gasteiger partial charge in [-0.25, -0.2) is 8.42 Å². The lowest BCUT2D eigenvalue weighted by atomic mass is 10.0. The standard InChI is InChI=1S/C10H20N2O5S2/c13-9-10-2-1-3-12(8-10)19(16,17)11-4-6-18(14,15)7-5-11/h10,13H,1-9H2. The minimum Gasteiger partial charge on any atom is -0.396 e. The zero-order valence-electron chi connectivity index (χ0n) is 10.7. The van der Waals surface area contributed by atoms with E-state index >= 15 is 0 Å². The molecule has 1 N–H and O–H groups in total. The summed E-state index contributed by atoms with van der Waals surface area (Å²) in [6.07, 6.45) is 1.56. The second-order valence-electron chi connectivity index (χ2n) is 5.11. The van der Waals surface area contributed by atoms with Crippen LogP contribution in [0.25, 0.3) is 0 Å². The van der Waals surface area contributed by atoms with Crippen LogP contribution in [0.1, 0.15) is 12.8 Å². The highest BCUT2D eigenvalue weighted by atomic mass is 32.2. The van der Waals surface area contributed by atoms with Gasteiger partial charge in [0, 0.05) is 32.8 Å². The predicted molar refractivity (Wildman–Crippen MR) is 70.5 cm³/mol. The molecule has 0 spiro atoms. The van der Waals surface area contributed by atoms with E-state index in [2.05, 4.69) is 0 Å². The zero-order valence-corrected chi connectivity index (χ0v) is 12.4. The Kier molecular flexibility index (Phi) is 4.51. The summed E-state index contributed by atoms with van der Waals surface area (Å²) in [5, 5.41) is 9.14. The van der Waals surface area contributed by atoms with Crippen LogP contribution >= 0.6 is 0 Å². The Bertz CT molecular complexity index is 502. The first kappa shape index (κ1) is 15.2. The van der Waals surface area contributed by atoms with Gasteiger partial charge in [0.05, 0.1) is 11.5 Å². The minimum atomic E-state index is -3.59. The number of aliphatic hydroxyl groups excluding tert-OH is 1. The molecule has 7 nitrogen and oxygen atoms in total. The van der Waals surface area contributed by atoms with E-state index in [0.29, 0.717) is 13.1 Å². The summed E-state index contributed by atoms with van der Waals surface area (Å²) in [6.45, 7) is 0.820. The highest BCUT2D eigenvalue weighted by Gasteiger charge is 2.36. The number of rotatable bonds is 3. The van der Waals surface area contributed by atoms with Gasteiger partial charge in [0.25, 0.3) is 10.2 Å². The van der Waals surface area contributed by atoms with Gasteiger partial charge in [-0.05, 0) is 18.8 Å². The highest BCUT2D eigenvalue weighted by molar-refractivity contribution is 7.91. The molecular weight excluding hydrogens is 292 g/mol. The number of piperidine rings is 1. The quantitative estimate of drug-likeness (QED) is 0.696. The maximum Gasteiger partial charge on any atom is 0.282 e. The Morgan fingerprint density at radius 3 is 2.32 bits per heavy atom. The van der Waals surface area contributed by atoms with Crippen LogP contribution in [0.2, 0.25) is 0 Å². The molecule has 2 aliphatic heterocycles. The molecule has 2 heterocycles. The van der Waals surface area contributed by atoms with Crippen LogP contribution in [0.3, 0.4) is 0 Å². The third kappa shape index (κ3) is 3.46. The van der Waals surface area contributed by atoms with E-state index in [9.17, 15) is 16.8 Å². The van der Waals surface area contributed by atoms with E-state index in [1.165, 1.54) is 8.61 Å². The van der Waals surface area contributed by atoms with E-state index < -0.39 is 20.0 Å². The Hall–Kier alpha value is -0.220. The number of sulfone groups is 1. The van der Waals surface area contributed by atoms with Crippen molar-refractivity contribution in [2.45, 2.75) is 12.8 Å². The van der Waals surface area contributed by atoms with Crippen molar-refractivity contribution >= 4 is 20.0 Å². The SMILES string of the molecule is O=S1(=O)CCN(S(=O)(=O)N2CCCC(CO)C2)CC1. The van der Waals surface area contributed by atoms with E-state index in [0.717, 1.165) is 12.8 Å². The lowest BCUT2D eigenvalue weighted by molar-refractivity contribution is 0.161. The van der Waals surface area contributed by atoms with Crippen LogP contribution in [-0.2, 0) is 20.0 Å². The molecule has 0 aliphatic carbocycles. The number of hydrogen-bond donors (Lipinski definition) is 1. The molecule has 0 saturated carbocycles. The van der Waals surface area contributed by atoms with Gasteiger partial charge in [-0.3, -0.25) is 0 Å². The van der Waals surface area contributed by atoms with Crippen molar-refractivity contribution < 1.29 is 21.9 Å². The lowest BCUT2D eigenvalue weighted by Gasteiger charge is -2.36. The lowest BCUT2D eigenvalue weighted by Crippen LogP contribution is -2.52. The predicted octanol–water partition coefficient (Wildman–Crippen LogP) is -1.33. The first-order chi connectivity index (χ1) is 8.85. The molecule has 0 bridgehead atoms. The van der Waals surface area contributed by atoms with Crippen LogP contribution in [-0.4, -0.2) is 74.8 Å². The summed E-state index contributed by atoms with van der Waals surface area (Å²) < 4.78 is 50.1. The van der Waals surface area contributed by atoms with Gasteiger partial charge in [0.2, 0.25) is 0 Å². The fourth-order valence-corrected chi connectivity index (χ4v) is 5.64. The van der Waals surface area contributed by atoms with Crippen LogP contribution in [0.15, 0.2) is 0 Å². The van der Waals surface area contributed by atoms with Crippen molar-refractivity contribution in [2.75, 3.05) is 44.3 Å². The molecular formula is C10H20N2O5S2. The summed E-state index contributed by atoms with van der Waals surface area (Å²) >= 11 is 0. The summed E-state index contributed by atoms with van der Waals surface area (Å²) in [5.41, 5.74) is 0. The summed E-state index contributed by atoms with van der Waals surface area (Å²) in [4.78, 5) is 0. The van der Waals surface area contributed by atoms with Gasteiger partial charge in [0.1, 0.15) is 0 Å². The van der Waals surface area contributed by atoms with Crippen molar-refractivity contribution in [3.8, 4) is 0 Å². The molecule has 0 aromatic rings. The summed E-state index contributed by atoms with van der Waals surface area (Å²) in [5.74, 6) is -0.232. The van der Waals surface area contributed by atoms with E-state index in [4.69, 9.17) is 5.11 Å². The normalized spacial score (nSPS) is 30.3. The monoisotopic (exact) mass is 312 g/mol. The van der Waals surface area contributed by atoms with E-state index in [1.807, 2.05) is 0 Å². The second kappa shape index (κ2) is 5.65. The molecule has 0 aromatic carbocycles. The van der Waals surface area contributed by atoms with Gasteiger partial charge in [-0.1, -0.05) is 0 Å². The Labute approximate surface area is 114 Å². The Morgan fingerprint density at radius 2 is 1.74 bits per heavy atom. The molecule has 2 fully saturated rings. The highest BCUT2D eigenvalue weighted by Crippen LogP contribution is 2.21. The molecule has 2 saturated heterocycles. The van der Waals surface area contributed by atoms with Crippen molar-refractivity contribution in [3.63, 3.8) is 0 Å². The van der Waals surface area contributed by atoms with Gasteiger partial charge < -0.3 is 5.11 Å². The summed E-state index contributed by atoms with van der Waals surface area (Å²) in [6, 6.07) is 0. The van der Waals surface area contributed by atoms with Gasteiger partial charge >= 0.3 is 0 Å². The molecule has 19 heavy (non-hydrogen) atoms. The number of hydrogen-bond acceptors (Lipinski definition) is 5. The average molecular weight is 312 g/mol. The van der Waals surface area contributed by atoms with Crippen molar-refractivity contribution in [1.29, 1.82) is 0 Å². The molecule has 2 aliphatic rings. The Balaban J connectivity index is 2.06. The fraction of sp³-hybridized carbons (Fsp3) is 1.00. The number of nitrogens with zero attached hydrogens (tertiary/aromatic N) is 2. The maximum absolute atomic E-state index is 12.4. The first-order valence-electron chi connectivity index (χ1n) is 6.42. The number of aliphatic hydroxyl groups is 1. The van der Waals surface area contributed by atoms with Gasteiger partial charge in [-0.2, -0.15) is 17.0 Å². The smallest absolute Gasteiger partial charge is 0.282 e. The third-order valence-corrected chi connectivity index (χ3v) is 7.31. The van der Waals surface area contributed by atoms with Crippen molar-refractivity contribution in [1.82, 2.24) is 8.61 Å². The molecule has 112 valence electrons. The molecule has 0 amide bonds.